The van der Waals surface area contributed by atoms with Gasteiger partial charge in [-0.1, -0.05) is 61.5 Å². The largest absolute Gasteiger partial charge is 0.448 e. The van der Waals surface area contributed by atoms with E-state index in [2.05, 4.69) is 62.0 Å². The standard InChI is InChI=1S/C24H27NO2/c1-3-13-24(2)14-8-15-25(17-24)23(26)27-16-22-20-11-6-4-9-18(20)19-10-5-7-12-21(19)22/h3-7,9-12,22H,1,8,13-17H2,2H3. The van der Waals surface area contributed by atoms with Crippen LogP contribution in [0.2, 0.25) is 0 Å². The summed E-state index contributed by atoms with van der Waals surface area (Å²) in [6.07, 6.45) is 4.86. The molecule has 0 aromatic heterocycles. The van der Waals surface area contributed by atoms with Gasteiger partial charge in [0.15, 0.2) is 0 Å². The second-order valence-electron chi connectivity index (χ2n) is 8.13. The van der Waals surface area contributed by atoms with Gasteiger partial charge < -0.3 is 9.64 Å². The molecule has 1 fully saturated rings. The molecule has 3 nitrogen and oxygen atoms in total. The lowest BCUT2D eigenvalue weighted by atomic mass is 9.79. The topological polar surface area (TPSA) is 29.5 Å². The van der Waals surface area contributed by atoms with Gasteiger partial charge in [0.25, 0.3) is 0 Å². The van der Waals surface area contributed by atoms with E-state index < -0.39 is 0 Å². The van der Waals surface area contributed by atoms with E-state index in [1.54, 1.807) is 0 Å². The highest BCUT2D eigenvalue weighted by molar-refractivity contribution is 5.79. The molecule has 1 aliphatic heterocycles. The highest BCUT2D eigenvalue weighted by atomic mass is 16.6. The maximum absolute atomic E-state index is 12.7. The Balaban J connectivity index is 1.47. The van der Waals surface area contributed by atoms with Gasteiger partial charge in [-0.05, 0) is 46.9 Å². The summed E-state index contributed by atoms with van der Waals surface area (Å²) in [6.45, 7) is 8.02. The van der Waals surface area contributed by atoms with Gasteiger partial charge in [-0.15, -0.1) is 6.58 Å². The number of benzene rings is 2. The first-order valence-corrected chi connectivity index (χ1v) is 9.82. The number of allylic oxidation sites excluding steroid dienone is 1. The van der Waals surface area contributed by atoms with Gasteiger partial charge in [0.05, 0.1) is 0 Å². The number of carbonyl (C=O) groups excluding carboxylic acids is 1. The molecule has 1 aliphatic carbocycles. The van der Waals surface area contributed by atoms with Crippen LogP contribution in [0.25, 0.3) is 11.1 Å². The average Bonchev–Trinajstić information content (AvgIpc) is 3.00. The molecule has 3 heteroatoms. The van der Waals surface area contributed by atoms with Crippen molar-refractivity contribution in [1.82, 2.24) is 4.90 Å². The Labute approximate surface area is 161 Å². The van der Waals surface area contributed by atoms with Crippen molar-refractivity contribution in [2.24, 2.45) is 5.41 Å². The first-order chi connectivity index (χ1) is 13.1. The van der Waals surface area contributed by atoms with Crippen LogP contribution in [0.3, 0.4) is 0 Å². The molecule has 1 saturated heterocycles. The molecular formula is C24H27NO2. The summed E-state index contributed by atoms with van der Waals surface area (Å²) in [7, 11) is 0. The van der Waals surface area contributed by atoms with Crippen LogP contribution in [0.5, 0.6) is 0 Å². The Kier molecular flexibility index (Phi) is 4.77. The SMILES string of the molecule is C=CCC1(C)CCCN(C(=O)OCC2c3ccccc3-c3ccccc32)C1. The maximum Gasteiger partial charge on any atom is 0.409 e. The van der Waals surface area contributed by atoms with Crippen LogP contribution in [0.15, 0.2) is 61.2 Å². The Morgan fingerprint density at radius 3 is 2.44 bits per heavy atom. The minimum Gasteiger partial charge on any atom is -0.448 e. The number of amides is 1. The van der Waals surface area contributed by atoms with E-state index in [1.165, 1.54) is 22.3 Å². The van der Waals surface area contributed by atoms with E-state index in [0.717, 1.165) is 32.4 Å². The van der Waals surface area contributed by atoms with Gasteiger partial charge in [0.1, 0.15) is 6.61 Å². The molecule has 4 rings (SSSR count). The minimum absolute atomic E-state index is 0.116. The van der Waals surface area contributed by atoms with E-state index in [1.807, 2.05) is 11.0 Å². The molecule has 27 heavy (non-hydrogen) atoms. The Hall–Kier alpha value is -2.55. The zero-order valence-electron chi connectivity index (χ0n) is 16.0. The number of fused-ring (bicyclic) bond motifs is 3. The molecular weight excluding hydrogens is 334 g/mol. The van der Waals surface area contributed by atoms with E-state index in [9.17, 15) is 4.79 Å². The van der Waals surface area contributed by atoms with Crippen molar-refractivity contribution in [3.8, 4) is 11.1 Å². The monoisotopic (exact) mass is 361 g/mol. The lowest BCUT2D eigenvalue weighted by molar-refractivity contribution is 0.0608. The van der Waals surface area contributed by atoms with Crippen molar-refractivity contribution in [2.75, 3.05) is 19.7 Å². The van der Waals surface area contributed by atoms with E-state index in [0.29, 0.717) is 6.61 Å². The highest BCUT2D eigenvalue weighted by Crippen LogP contribution is 2.44. The fourth-order valence-electron chi connectivity index (χ4n) is 4.67. The van der Waals surface area contributed by atoms with Crippen LogP contribution in [0, 0.1) is 5.41 Å². The van der Waals surface area contributed by atoms with E-state index in [4.69, 9.17) is 4.74 Å². The van der Waals surface area contributed by atoms with Crippen LogP contribution in [-0.2, 0) is 4.74 Å². The van der Waals surface area contributed by atoms with Gasteiger partial charge in [0, 0.05) is 19.0 Å². The quantitative estimate of drug-likeness (QED) is 0.662. The lowest BCUT2D eigenvalue weighted by Crippen LogP contribution is -2.45. The van der Waals surface area contributed by atoms with E-state index in [-0.39, 0.29) is 17.4 Å². The summed E-state index contributed by atoms with van der Waals surface area (Å²) >= 11 is 0. The molecule has 0 N–H and O–H groups in total. The zero-order chi connectivity index (χ0) is 18.9. The third-order valence-electron chi connectivity index (χ3n) is 6.01. The summed E-state index contributed by atoms with van der Waals surface area (Å²) in [4.78, 5) is 14.6. The molecule has 1 amide bonds. The number of carbonyl (C=O) groups is 1. The van der Waals surface area contributed by atoms with Gasteiger partial charge in [0.2, 0.25) is 0 Å². The number of rotatable bonds is 4. The fraction of sp³-hybridized carbons (Fsp3) is 0.375. The summed E-state index contributed by atoms with van der Waals surface area (Å²) in [5, 5.41) is 0. The predicted molar refractivity (Wildman–Crippen MR) is 109 cm³/mol. The Morgan fingerprint density at radius 2 is 1.81 bits per heavy atom. The summed E-state index contributed by atoms with van der Waals surface area (Å²) in [6, 6.07) is 16.9. The maximum atomic E-state index is 12.7. The van der Waals surface area contributed by atoms with Crippen LogP contribution >= 0.6 is 0 Å². The minimum atomic E-state index is -0.188. The predicted octanol–water partition coefficient (Wildman–Crippen LogP) is 5.61. The fourth-order valence-corrected chi connectivity index (χ4v) is 4.67. The molecule has 0 radical (unpaired) electrons. The Morgan fingerprint density at radius 1 is 1.19 bits per heavy atom. The highest BCUT2D eigenvalue weighted by Gasteiger charge is 2.34. The second-order valence-corrected chi connectivity index (χ2v) is 8.13. The molecule has 2 aromatic carbocycles. The Bertz CT molecular complexity index is 813. The molecule has 0 saturated carbocycles. The average molecular weight is 361 g/mol. The third-order valence-corrected chi connectivity index (χ3v) is 6.01. The summed E-state index contributed by atoms with van der Waals surface area (Å²) in [5.41, 5.74) is 5.13. The van der Waals surface area contributed by atoms with E-state index >= 15 is 0 Å². The molecule has 140 valence electrons. The molecule has 1 unspecified atom stereocenters. The first kappa shape index (κ1) is 17.8. The van der Waals surface area contributed by atoms with Crippen LogP contribution in [-0.4, -0.2) is 30.7 Å². The summed E-state index contributed by atoms with van der Waals surface area (Å²) in [5.74, 6) is 0.116. The van der Waals surface area contributed by atoms with Crippen molar-refractivity contribution in [1.29, 1.82) is 0 Å². The number of hydrogen-bond acceptors (Lipinski definition) is 2. The molecule has 1 heterocycles. The number of likely N-dealkylation sites (tertiary alicyclic amines) is 1. The van der Waals surface area contributed by atoms with Crippen molar-refractivity contribution in [3.05, 3.63) is 72.3 Å². The third kappa shape index (κ3) is 3.39. The number of piperidine rings is 1. The molecule has 2 aliphatic rings. The smallest absolute Gasteiger partial charge is 0.409 e. The van der Waals surface area contributed by atoms with Gasteiger partial charge >= 0.3 is 6.09 Å². The van der Waals surface area contributed by atoms with Crippen LogP contribution in [0.1, 0.15) is 43.2 Å². The number of hydrogen-bond donors (Lipinski definition) is 0. The van der Waals surface area contributed by atoms with Crippen molar-refractivity contribution in [3.63, 3.8) is 0 Å². The first-order valence-electron chi connectivity index (χ1n) is 9.82. The van der Waals surface area contributed by atoms with Gasteiger partial charge in [-0.3, -0.25) is 0 Å². The van der Waals surface area contributed by atoms with Gasteiger partial charge in [-0.2, -0.15) is 0 Å². The lowest BCUT2D eigenvalue weighted by Gasteiger charge is -2.39. The number of ether oxygens (including phenoxy) is 1. The van der Waals surface area contributed by atoms with Crippen molar-refractivity contribution < 1.29 is 9.53 Å². The van der Waals surface area contributed by atoms with Gasteiger partial charge in [-0.25, -0.2) is 4.79 Å². The van der Waals surface area contributed by atoms with Crippen LogP contribution < -0.4 is 0 Å². The molecule has 1 atom stereocenters. The molecule has 0 bridgehead atoms. The summed E-state index contributed by atoms with van der Waals surface area (Å²) < 4.78 is 5.81. The van der Waals surface area contributed by atoms with Crippen LogP contribution in [0.4, 0.5) is 4.79 Å². The van der Waals surface area contributed by atoms with Crippen molar-refractivity contribution in [2.45, 2.75) is 32.1 Å². The molecule has 0 spiro atoms. The zero-order valence-corrected chi connectivity index (χ0v) is 16.0. The van der Waals surface area contributed by atoms with Crippen molar-refractivity contribution >= 4 is 6.09 Å². The second kappa shape index (κ2) is 7.22. The normalized spacial score (nSPS) is 21.4. The molecule has 2 aromatic rings. The number of nitrogens with zero attached hydrogens (tertiary/aromatic N) is 1.